The molecule has 110 valence electrons. The Morgan fingerprint density at radius 1 is 0.773 bits per heavy atom. The molecule has 0 saturated carbocycles. The molecule has 0 fully saturated rings. The molecule has 0 aliphatic rings. The van der Waals surface area contributed by atoms with Crippen molar-refractivity contribution in [3.05, 3.63) is 64.5 Å². The van der Waals surface area contributed by atoms with E-state index >= 15 is 0 Å². The van der Waals surface area contributed by atoms with E-state index in [1.807, 2.05) is 54.6 Å². The van der Waals surface area contributed by atoms with Crippen LogP contribution in [0.1, 0.15) is 0 Å². The highest BCUT2D eigenvalue weighted by Gasteiger charge is 2.08. The van der Waals surface area contributed by atoms with Gasteiger partial charge in [-0.25, -0.2) is 9.97 Å². The molecule has 0 aliphatic carbocycles. The van der Waals surface area contributed by atoms with Gasteiger partial charge in [0.1, 0.15) is 12.0 Å². The lowest BCUT2D eigenvalue weighted by Gasteiger charge is -2.12. The van der Waals surface area contributed by atoms with Crippen molar-refractivity contribution in [2.24, 2.45) is 0 Å². The Labute approximate surface area is 142 Å². The molecule has 0 atom stereocenters. The number of halogens is 1. The van der Waals surface area contributed by atoms with Gasteiger partial charge in [-0.2, -0.15) is 0 Å². The summed E-state index contributed by atoms with van der Waals surface area (Å²) in [4.78, 5) is 8.41. The lowest BCUT2D eigenvalue weighted by molar-refractivity contribution is 1.17. The first-order valence-electron chi connectivity index (χ1n) is 6.67. The van der Waals surface area contributed by atoms with Crippen LogP contribution in [0.2, 0.25) is 0 Å². The summed E-state index contributed by atoms with van der Waals surface area (Å²) in [5, 5.41) is 6.40. The van der Waals surface area contributed by atoms with Gasteiger partial charge in [0.25, 0.3) is 0 Å². The molecule has 3 rings (SSSR count). The Kier molecular flexibility index (Phi) is 4.38. The fourth-order valence-electron chi connectivity index (χ4n) is 1.92. The quantitative estimate of drug-likeness (QED) is 0.571. The summed E-state index contributed by atoms with van der Waals surface area (Å²) < 4.78 is 1.17. The average molecular weight is 403 g/mol. The maximum atomic E-state index is 6.16. The van der Waals surface area contributed by atoms with Crippen LogP contribution >= 0.6 is 22.6 Å². The highest BCUT2D eigenvalue weighted by molar-refractivity contribution is 14.1. The van der Waals surface area contributed by atoms with Crippen LogP contribution in [0.3, 0.4) is 0 Å². The molecule has 1 heterocycles. The van der Waals surface area contributed by atoms with Gasteiger partial charge in [0.2, 0.25) is 0 Å². The second-order valence-corrected chi connectivity index (χ2v) is 5.85. The molecule has 0 unspecified atom stereocenters. The summed E-state index contributed by atoms with van der Waals surface area (Å²) in [7, 11) is 0. The number of hydrogen-bond acceptors (Lipinski definition) is 5. The lowest BCUT2D eigenvalue weighted by atomic mass is 10.3. The Hall–Kier alpha value is -2.35. The highest BCUT2D eigenvalue weighted by Crippen LogP contribution is 2.28. The monoisotopic (exact) mass is 403 g/mol. The number of aromatic nitrogens is 2. The van der Waals surface area contributed by atoms with E-state index in [2.05, 4.69) is 43.2 Å². The SMILES string of the molecule is Nc1c(Nc2ccccc2)ncnc1Nc1ccc(I)cc1. The van der Waals surface area contributed by atoms with Gasteiger partial charge in [-0.05, 0) is 59.0 Å². The standard InChI is InChI=1S/C16H14IN5/c17-11-6-8-13(9-7-11)22-16-14(18)15(19-10-20-16)21-12-4-2-1-3-5-12/h1-10H,18H2,(H2,19,20,21,22). The summed E-state index contributed by atoms with van der Waals surface area (Å²) in [6.07, 6.45) is 1.48. The molecule has 2 aromatic carbocycles. The van der Waals surface area contributed by atoms with E-state index in [0.29, 0.717) is 17.3 Å². The summed E-state index contributed by atoms with van der Waals surface area (Å²) in [5.41, 5.74) is 8.49. The molecule has 0 radical (unpaired) electrons. The number of rotatable bonds is 4. The molecule has 0 amide bonds. The van der Waals surface area contributed by atoms with Crippen molar-refractivity contribution in [2.45, 2.75) is 0 Å². The predicted octanol–water partition coefficient (Wildman–Crippen LogP) is 4.15. The minimum Gasteiger partial charge on any atom is -0.393 e. The van der Waals surface area contributed by atoms with Crippen LogP contribution in [0, 0.1) is 3.57 Å². The zero-order valence-corrected chi connectivity index (χ0v) is 13.8. The smallest absolute Gasteiger partial charge is 0.159 e. The Morgan fingerprint density at radius 2 is 1.32 bits per heavy atom. The third-order valence-electron chi connectivity index (χ3n) is 3.03. The van der Waals surface area contributed by atoms with Gasteiger partial charge in [0.15, 0.2) is 11.6 Å². The number of nitrogens with one attached hydrogen (secondary N) is 2. The summed E-state index contributed by atoms with van der Waals surface area (Å²) in [6, 6.07) is 17.8. The van der Waals surface area contributed by atoms with Gasteiger partial charge in [-0.1, -0.05) is 18.2 Å². The van der Waals surface area contributed by atoms with Crippen molar-refractivity contribution in [3.63, 3.8) is 0 Å². The van der Waals surface area contributed by atoms with E-state index in [-0.39, 0.29) is 0 Å². The van der Waals surface area contributed by atoms with Crippen LogP contribution in [-0.2, 0) is 0 Å². The largest absolute Gasteiger partial charge is 0.393 e. The highest BCUT2D eigenvalue weighted by atomic mass is 127. The van der Waals surface area contributed by atoms with E-state index in [0.717, 1.165) is 11.4 Å². The van der Waals surface area contributed by atoms with Crippen molar-refractivity contribution < 1.29 is 0 Å². The molecule has 0 spiro atoms. The van der Waals surface area contributed by atoms with Crippen molar-refractivity contribution in [1.82, 2.24) is 9.97 Å². The molecule has 22 heavy (non-hydrogen) atoms. The van der Waals surface area contributed by atoms with Gasteiger partial charge in [0.05, 0.1) is 0 Å². The Morgan fingerprint density at radius 3 is 1.91 bits per heavy atom. The Bertz CT molecular complexity index is 759. The first kappa shape index (κ1) is 14.6. The van der Waals surface area contributed by atoms with Crippen LogP contribution in [0.25, 0.3) is 0 Å². The summed E-state index contributed by atoms with van der Waals surface area (Å²) >= 11 is 2.26. The zero-order valence-electron chi connectivity index (χ0n) is 11.6. The van der Waals surface area contributed by atoms with E-state index in [1.165, 1.54) is 9.90 Å². The molecular formula is C16H14IN5. The fraction of sp³-hybridized carbons (Fsp3) is 0. The van der Waals surface area contributed by atoms with Crippen molar-refractivity contribution in [1.29, 1.82) is 0 Å². The van der Waals surface area contributed by atoms with E-state index in [1.54, 1.807) is 0 Å². The van der Waals surface area contributed by atoms with Crippen LogP contribution < -0.4 is 16.4 Å². The predicted molar refractivity (Wildman–Crippen MR) is 98.6 cm³/mol. The molecule has 1 aromatic heterocycles. The maximum absolute atomic E-state index is 6.16. The topological polar surface area (TPSA) is 75.9 Å². The van der Waals surface area contributed by atoms with Crippen LogP contribution in [0.5, 0.6) is 0 Å². The molecule has 6 heteroatoms. The maximum Gasteiger partial charge on any atom is 0.159 e. The lowest BCUT2D eigenvalue weighted by Crippen LogP contribution is -2.05. The number of nitrogens with two attached hydrogens (primary N) is 1. The van der Waals surface area contributed by atoms with E-state index < -0.39 is 0 Å². The number of benzene rings is 2. The van der Waals surface area contributed by atoms with Crippen molar-refractivity contribution in [3.8, 4) is 0 Å². The second-order valence-electron chi connectivity index (χ2n) is 4.61. The van der Waals surface area contributed by atoms with Gasteiger partial charge in [0, 0.05) is 14.9 Å². The number of nitrogen functional groups attached to an aromatic ring is 1. The third-order valence-corrected chi connectivity index (χ3v) is 3.75. The van der Waals surface area contributed by atoms with Crippen LogP contribution in [-0.4, -0.2) is 9.97 Å². The summed E-state index contributed by atoms with van der Waals surface area (Å²) in [6.45, 7) is 0. The number of anilines is 5. The molecule has 4 N–H and O–H groups in total. The molecule has 0 saturated heterocycles. The van der Waals surface area contributed by atoms with Crippen molar-refractivity contribution in [2.75, 3.05) is 16.4 Å². The van der Waals surface area contributed by atoms with E-state index in [4.69, 9.17) is 5.73 Å². The average Bonchev–Trinajstić information content (AvgIpc) is 2.54. The number of hydrogen-bond donors (Lipinski definition) is 3. The number of nitrogens with zero attached hydrogens (tertiary/aromatic N) is 2. The zero-order chi connectivity index (χ0) is 15.4. The molecule has 5 nitrogen and oxygen atoms in total. The van der Waals surface area contributed by atoms with Gasteiger partial charge >= 0.3 is 0 Å². The Balaban J connectivity index is 1.84. The van der Waals surface area contributed by atoms with E-state index in [9.17, 15) is 0 Å². The van der Waals surface area contributed by atoms with Crippen molar-refractivity contribution >= 4 is 51.3 Å². The molecule has 0 aliphatic heterocycles. The minimum atomic E-state index is 0.477. The van der Waals surface area contributed by atoms with Crippen LogP contribution in [0.4, 0.5) is 28.7 Å². The minimum absolute atomic E-state index is 0.477. The molecule has 3 aromatic rings. The summed E-state index contributed by atoms with van der Waals surface area (Å²) in [5.74, 6) is 1.16. The third kappa shape index (κ3) is 3.45. The van der Waals surface area contributed by atoms with Gasteiger partial charge in [-0.15, -0.1) is 0 Å². The first-order valence-corrected chi connectivity index (χ1v) is 7.75. The van der Waals surface area contributed by atoms with Gasteiger partial charge < -0.3 is 16.4 Å². The normalized spacial score (nSPS) is 10.2. The first-order chi connectivity index (χ1) is 10.7. The van der Waals surface area contributed by atoms with Gasteiger partial charge in [-0.3, -0.25) is 0 Å². The fourth-order valence-corrected chi connectivity index (χ4v) is 2.28. The molecular weight excluding hydrogens is 389 g/mol. The van der Waals surface area contributed by atoms with Crippen LogP contribution in [0.15, 0.2) is 60.9 Å². The molecule has 0 bridgehead atoms. The number of para-hydroxylation sites is 1. The second kappa shape index (κ2) is 6.61.